The van der Waals surface area contributed by atoms with E-state index in [1.807, 2.05) is 39.4 Å². The highest BCUT2D eigenvalue weighted by Gasteiger charge is 2.15. The molecule has 2 N–H and O–H groups in total. The van der Waals surface area contributed by atoms with Gasteiger partial charge in [-0.3, -0.25) is 4.68 Å². The van der Waals surface area contributed by atoms with Crippen molar-refractivity contribution < 1.29 is 9.53 Å². The highest BCUT2D eigenvalue weighted by Crippen LogP contribution is 2.10. The van der Waals surface area contributed by atoms with Crippen LogP contribution < -0.4 is 10.6 Å². The van der Waals surface area contributed by atoms with Crippen molar-refractivity contribution >= 4 is 6.09 Å². The van der Waals surface area contributed by atoms with Crippen LogP contribution in [0.4, 0.5) is 4.79 Å². The number of aromatic nitrogens is 2. The quantitative estimate of drug-likeness (QED) is 0.806. The van der Waals surface area contributed by atoms with Gasteiger partial charge in [0.1, 0.15) is 5.60 Å². The monoisotopic (exact) mass is 282 g/mol. The van der Waals surface area contributed by atoms with Crippen LogP contribution in [-0.2, 0) is 18.3 Å². The van der Waals surface area contributed by atoms with Crippen molar-refractivity contribution in [3.05, 3.63) is 17.0 Å². The van der Waals surface area contributed by atoms with Crippen LogP contribution in [0.15, 0.2) is 0 Å². The molecule has 0 aromatic carbocycles. The number of carbonyl (C=O) groups is 1. The van der Waals surface area contributed by atoms with Crippen LogP contribution in [0.5, 0.6) is 0 Å². The lowest BCUT2D eigenvalue weighted by Crippen LogP contribution is -2.36. The normalized spacial score (nSPS) is 11.5. The van der Waals surface area contributed by atoms with E-state index in [9.17, 15) is 4.79 Å². The minimum Gasteiger partial charge on any atom is -0.444 e. The van der Waals surface area contributed by atoms with Gasteiger partial charge in [-0.15, -0.1) is 0 Å². The summed E-state index contributed by atoms with van der Waals surface area (Å²) in [4.78, 5) is 11.4. The summed E-state index contributed by atoms with van der Waals surface area (Å²) >= 11 is 0. The first-order valence-electron chi connectivity index (χ1n) is 6.87. The Bertz CT molecular complexity index is 460. The van der Waals surface area contributed by atoms with E-state index in [4.69, 9.17) is 4.74 Å². The van der Waals surface area contributed by atoms with Crippen molar-refractivity contribution in [3.63, 3.8) is 0 Å². The number of nitrogens with one attached hydrogen (secondary N) is 2. The number of hydrogen-bond acceptors (Lipinski definition) is 4. The summed E-state index contributed by atoms with van der Waals surface area (Å²) in [6, 6.07) is 0. The zero-order chi connectivity index (χ0) is 15.3. The van der Waals surface area contributed by atoms with Crippen molar-refractivity contribution in [1.82, 2.24) is 20.4 Å². The third-order valence-electron chi connectivity index (χ3n) is 2.93. The maximum absolute atomic E-state index is 11.4. The van der Waals surface area contributed by atoms with Crippen LogP contribution >= 0.6 is 0 Å². The Morgan fingerprint density at radius 3 is 2.45 bits per heavy atom. The van der Waals surface area contributed by atoms with Gasteiger partial charge in [-0.05, 0) is 34.6 Å². The van der Waals surface area contributed by atoms with E-state index in [2.05, 4.69) is 22.7 Å². The second-order valence-electron chi connectivity index (χ2n) is 5.88. The zero-order valence-electron chi connectivity index (χ0n) is 13.3. The molecule has 6 nitrogen and oxygen atoms in total. The van der Waals surface area contributed by atoms with Gasteiger partial charge in [0.25, 0.3) is 0 Å². The minimum atomic E-state index is -0.457. The number of ether oxygens (including phenoxy) is 1. The molecule has 114 valence electrons. The van der Waals surface area contributed by atoms with Crippen molar-refractivity contribution in [2.75, 3.05) is 13.1 Å². The Morgan fingerprint density at radius 1 is 1.30 bits per heavy atom. The molecule has 0 spiro atoms. The number of alkyl carbamates (subject to hydrolysis) is 1. The molecule has 0 atom stereocenters. The topological polar surface area (TPSA) is 68.2 Å². The zero-order valence-corrected chi connectivity index (χ0v) is 13.3. The van der Waals surface area contributed by atoms with E-state index < -0.39 is 5.60 Å². The largest absolute Gasteiger partial charge is 0.444 e. The lowest BCUT2D eigenvalue weighted by Gasteiger charge is -2.19. The van der Waals surface area contributed by atoms with Crippen LogP contribution in [-0.4, -0.2) is 34.6 Å². The van der Waals surface area contributed by atoms with Gasteiger partial charge in [0.05, 0.1) is 5.69 Å². The molecule has 0 saturated carbocycles. The number of carbonyl (C=O) groups excluding carboxylic acids is 1. The molecular weight excluding hydrogens is 256 g/mol. The molecule has 0 bridgehead atoms. The average Bonchev–Trinajstić information content (AvgIpc) is 2.52. The summed E-state index contributed by atoms with van der Waals surface area (Å²) < 4.78 is 7.03. The maximum Gasteiger partial charge on any atom is 0.407 e. The highest BCUT2D eigenvalue weighted by atomic mass is 16.6. The molecule has 0 aliphatic heterocycles. The highest BCUT2D eigenvalue weighted by molar-refractivity contribution is 5.67. The molecule has 1 aromatic rings. The second kappa shape index (κ2) is 6.74. The van der Waals surface area contributed by atoms with Gasteiger partial charge in [0, 0.05) is 37.9 Å². The van der Waals surface area contributed by atoms with E-state index >= 15 is 0 Å². The fraction of sp³-hybridized carbons (Fsp3) is 0.714. The standard InChI is InChI=1S/C14H26N4O2/c1-10-12(11(2)18(6)17-10)9-15-7-8-16-13(19)20-14(3,4)5/h15H,7-9H2,1-6H3,(H,16,19). The minimum absolute atomic E-state index is 0.381. The van der Waals surface area contributed by atoms with Crippen LogP contribution in [0.2, 0.25) is 0 Å². The van der Waals surface area contributed by atoms with Crippen molar-refractivity contribution in [3.8, 4) is 0 Å². The number of amides is 1. The summed E-state index contributed by atoms with van der Waals surface area (Å²) in [5.74, 6) is 0. The number of nitrogens with zero attached hydrogens (tertiary/aromatic N) is 2. The van der Waals surface area contributed by atoms with E-state index in [-0.39, 0.29) is 6.09 Å². The van der Waals surface area contributed by atoms with E-state index in [0.29, 0.717) is 13.1 Å². The number of rotatable bonds is 5. The summed E-state index contributed by atoms with van der Waals surface area (Å²) in [6.45, 7) is 11.6. The molecule has 0 unspecified atom stereocenters. The lowest BCUT2D eigenvalue weighted by atomic mass is 10.2. The molecule has 0 aliphatic carbocycles. The van der Waals surface area contributed by atoms with Gasteiger partial charge in [0.15, 0.2) is 0 Å². The van der Waals surface area contributed by atoms with Gasteiger partial charge in [-0.25, -0.2) is 4.79 Å². The van der Waals surface area contributed by atoms with Crippen LogP contribution in [0.3, 0.4) is 0 Å². The van der Waals surface area contributed by atoms with Gasteiger partial charge in [0.2, 0.25) is 0 Å². The van der Waals surface area contributed by atoms with Gasteiger partial charge < -0.3 is 15.4 Å². The molecule has 0 radical (unpaired) electrons. The Morgan fingerprint density at radius 2 is 1.95 bits per heavy atom. The SMILES string of the molecule is Cc1nn(C)c(C)c1CNCCNC(=O)OC(C)(C)C. The van der Waals surface area contributed by atoms with Crippen LogP contribution in [0, 0.1) is 13.8 Å². The molecule has 1 heterocycles. The van der Waals surface area contributed by atoms with Gasteiger partial charge >= 0.3 is 6.09 Å². The molecule has 0 aliphatic rings. The maximum atomic E-state index is 11.4. The summed E-state index contributed by atoms with van der Waals surface area (Å²) in [6.07, 6.45) is -0.381. The Balaban J connectivity index is 2.24. The first-order valence-corrected chi connectivity index (χ1v) is 6.87. The molecule has 20 heavy (non-hydrogen) atoms. The lowest BCUT2D eigenvalue weighted by molar-refractivity contribution is 0.0528. The molecular formula is C14H26N4O2. The van der Waals surface area contributed by atoms with E-state index in [0.717, 1.165) is 17.9 Å². The molecule has 1 rings (SSSR count). The number of aryl methyl sites for hydroxylation is 2. The smallest absolute Gasteiger partial charge is 0.407 e. The third-order valence-corrected chi connectivity index (χ3v) is 2.93. The first-order chi connectivity index (χ1) is 9.20. The molecule has 0 saturated heterocycles. The van der Waals surface area contributed by atoms with Crippen LogP contribution in [0.1, 0.15) is 37.7 Å². The van der Waals surface area contributed by atoms with Crippen molar-refractivity contribution in [2.45, 2.75) is 46.8 Å². The Kier molecular flexibility index (Phi) is 5.56. The summed E-state index contributed by atoms with van der Waals surface area (Å²) in [5, 5.41) is 10.4. The predicted molar refractivity (Wildman–Crippen MR) is 78.6 cm³/mol. The molecule has 1 amide bonds. The van der Waals surface area contributed by atoms with E-state index in [1.54, 1.807) is 0 Å². The Labute approximate surface area is 120 Å². The van der Waals surface area contributed by atoms with Crippen LogP contribution in [0.25, 0.3) is 0 Å². The Hall–Kier alpha value is -1.56. The number of hydrogen-bond donors (Lipinski definition) is 2. The average molecular weight is 282 g/mol. The molecule has 1 aromatic heterocycles. The predicted octanol–water partition coefficient (Wildman–Crippen LogP) is 1.65. The first kappa shape index (κ1) is 16.5. The van der Waals surface area contributed by atoms with Gasteiger partial charge in [-0.2, -0.15) is 5.10 Å². The fourth-order valence-corrected chi connectivity index (χ4v) is 1.85. The fourth-order valence-electron chi connectivity index (χ4n) is 1.85. The summed E-state index contributed by atoms with van der Waals surface area (Å²) in [5.41, 5.74) is 2.96. The van der Waals surface area contributed by atoms with Gasteiger partial charge in [-0.1, -0.05) is 0 Å². The van der Waals surface area contributed by atoms with Crippen molar-refractivity contribution in [1.29, 1.82) is 0 Å². The van der Waals surface area contributed by atoms with Crippen molar-refractivity contribution in [2.24, 2.45) is 7.05 Å². The summed E-state index contributed by atoms with van der Waals surface area (Å²) in [7, 11) is 1.94. The van der Waals surface area contributed by atoms with E-state index in [1.165, 1.54) is 5.56 Å². The molecule has 0 fully saturated rings. The molecule has 6 heteroatoms. The second-order valence-corrected chi connectivity index (χ2v) is 5.88. The third kappa shape index (κ3) is 5.21.